The largest absolute Gasteiger partial charge is 0.368 e. The van der Waals surface area contributed by atoms with Crippen molar-refractivity contribution in [3.63, 3.8) is 0 Å². The molecule has 2 aromatic rings. The van der Waals surface area contributed by atoms with E-state index < -0.39 is 46.0 Å². The fourth-order valence-electron chi connectivity index (χ4n) is 10.0. The molecule has 2 aliphatic heterocycles. The second-order valence-electron chi connectivity index (χ2n) is 14.7. The van der Waals surface area contributed by atoms with E-state index in [1.54, 1.807) is 24.3 Å². The van der Waals surface area contributed by atoms with Crippen LogP contribution in [-0.2, 0) is 15.0 Å². The molecule has 0 radical (unpaired) electrons. The third-order valence-corrected chi connectivity index (χ3v) is 12.5. The maximum absolute atomic E-state index is 16.2. The summed E-state index contributed by atoms with van der Waals surface area (Å²) in [7, 11) is 1.90. The SMILES string of the molecule is CN1[C@@H](C(=O)NC23CCC(C(O)O)(CC2)CC3)[C@H](c2cccc(Cl)c2F)[C@]2(C(=O)Nc3cc(Cl)ccc32)C12CC(C)(C)C2. The normalized spacial score (nSPS) is 35.3. The molecule has 4 saturated carbocycles. The molecule has 3 atom stereocenters. The van der Waals surface area contributed by atoms with Crippen LogP contribution >= 0.6 is 23.2 Å². The number of likely N-dealkylation sites (tertiary alicyclic amines) is 1. The molecule has 230 valence electrons. The van der Waals surface area contributed by atoms with Crippen LogP contribution in [0, 0.1) is 16.6 Å². The summed E-state index contributed by atoms with van der Waals surface area (Å²) in [6.07, 6.45) is 3.61. The third-order valence-electron chi connectivity index (χ3n) is 12.0. The highest BCUT2D eigenvalue weighted by atomic mass is 35.5. The van der Waals surface area contributed by atoms with Crippen molar-refractivity contribution < 1.29 is 24.2 Å². The van der Waals surface area contributed by atoms with E-state index in [9.17, 15) is 19.8 Å². The van der Waals surface area contributed by atoms with Crippen molar-refractivity contribution >= 4 is 40.7 Å². The summed E-state index contributed by atoms with van der Waals surface area (Å²) in [6, 6.07) is 9.28. The van der Waals surface area contributed by atoms with Crippen molar-refractivity contribution in [2.24, 2.45) is 10.8 Å². The molecule has 6 aliphatic rings. The molecular formula is C33H38Cl2FN3O4. The molecule has 43 heavy (non-hydrogen) atoms. The van der Waals surface area contributed by atoms with E-state index in [1.165, 1.54) is 6.07 Å². The highest BCUT2D eigenvalue weighted by Gasteiger charge is 2.79. The Labute approximate surface area is 261 Å². The molecule has 8 rings (SSSR count). The molecule has 0 unspecified atom stereocenters. The minimum atomic E-state index is -1.38. The molecular weight excluding hydrogens is 592 g/mol. The van der Waals surface area contributed by atoms with Gasteiger partial charge in [0.25, 0.3) is 0 Å². The van der Waals surface area contributed by atoms with Gasteiger partial charge in [0.2, 0.25) is 11.8 Å². The maximum atomic E-state index is 16.2. The molecule has 2 spiro atoms. The summed E-state index contributed by atoms with van der Waals surface area (Å²) in [6.45, 7) is 4.31. The molecule has 5 fully saturated rings. The van der Waals surface area contributed by atoms with Crippen LogP contribution in [0.15, 0.2) is 36.4 Å². The molecule has 7 nitrogen and oxygen atoms in total. The van der Waals surface area contributed by atoms with Crippen LogP contribution in [0.3, 0.4) is 0 Å². The van der Waals surface area contributed by atoms with Crippen LogP contribution < -0.4 is 10.6 Å². The molecule has 2 heterocycles. The van der Waals surface area contributed by atoms with E-state index >= 15 is 4.39 Å². The van der Waals surface area contributed by atoms with Gasteiger partial charge in [-0.2, -0.15) is 0 Å². The molecule has 4 N–H and O–H groups in total. The standard InChI is InChI=1S/C33H38Cl2FN3O4/c1-29(2)16-32(17-29)33(20-8-7-18(34)15-22(20)37-27(33)41)23(19-5-4-6-21(35)24(19)36)25(39(32)3)26(40)38-31-12-9-30(10-13-31,11-14-31)28(42)43/h4-8,15,23,25,28,42-43H,9-14,16-17H2,1-3H3,(H,37,41)(H,38,40)/t23-,25+,30?,31?,33+/m0/s1. The van der Waals surface area contributed by atoms with Crippen molar-refractivity contribution in [3.05, 3.63) is 63.4 Å². The number of hydrogen-bond acceptors (Lipinski definition) is 5. The molecule has 0 aromatic heterocycles. The van der Waals surface area contributed by atoms with Crippen molar-refractivity contribution in [1.29, 1.82) is 0 Å². The number of anilines is 1. The number of hydrogen-bond donors (Lipinski definition) is 4. The van der Waals surface area contributed by atoms with E-state index in [0.29, 0.717) is 62.1 Å². The molecule has 10 heteroatoms. The van der Waals surface area contributed by atoms with Gasteiger partial charge in [0.15, 0.2) is 6.29 Å². The highest BCUT2D eigenvalue weighted by molar-refractivity contribution is 6.31. The summed E-state index contributed by atoms with van der Waals surface area (Å²) in [4.78, 5) is 31.4. The zero-order valence-electron chi connectivity index (χ0n) is 24.6. The Morgan fingerprint density at radius 2 is 1.72 bits per heavy atom. The summed E-state index contributed by atoms with van der Waals surface area (Å²) in [5.41, 5.74) is -1.62. The zero-order valence-corrected chi connectivity index (χ0v) is 26.2. The fraction of sp³-hybridized carbons (Fsp3) is 0.576. The predicted octanol–water partition coefficient (Wildman–Crippen LogP) is 5.50. The van der Waals surface area contributed by atoms with E-state index in [-0.39, 0.29) is 27.8 Å². The Bertz CT molecular complexity index is 1510. The predicted molar refractivity (Wildman–Crippen MR) is 162 cm³/mol. The summed E-state index contributed by atoms with van der Waals surface area (Å²) >= 11 is 12.7. The monoisotopic (exact) mass is 629 g/mol. The van der Waals surface area contributed by atoms with Gasteiger partial charge in [0, 0.05) is 33.1 Å². The number of halogens is 3. The summed E-state index contributed by atoms with van der Waals surface area (Å²) in [5, 5.41) is 27.0. The van der Waals surface area contributed by atoms with Crippen molar-refractivity contribution in [1.82, 2.24) is 10.2 Å². The minimum absolute atomic E-state index is 0.0591. The average Bonchev–Trinajstić information content (AvgIpc) is 3.35. The second-order valence-corrected chi connectivity index (χ2v) is 15.5. The van der Waals surface area contributed by atoms with Gasteiger partial charge in [-0.05, 0) is 93.2 Å². The molecule has 2 amide bonds. The zero-order chi connectivity index (χ0) is 30.7. The quantitative estimate of drug-likeness (QED) is 0.335. The van der Waals surface area contributed by atoms with Crippen molar-refractivity contribution in [2.45, 2.75) is 100.0 Å². The number of fused-ring (bicyclic) bond motifs is 6. The first-order valence-corrected chi connectivity index (χ1v) is 15.9. The lowest BCUT2D eigenvalue weighted by molar-refractivity contribution is -0.178. The Morgan fingerprint density at radius 3 is 2.33 bits per heavy atom. The number of nitrogens with zero attached hydrogens (tertiary/aromatic N) is 1. The lowest BCUT2D eigenvalue weighted by Gasteiger charge is -2.61. The van der Waals surface area contributed by atoms with E-state index in [0.717, 1.165) is 5.56 Å². The first-order valence-electron chi connectivity index (χ1n) is 15.2. The number of benzene rings is 2. The van der Waals surface area contributed by atoms with Gasteiger partial charge in [0.1, 0.15) is 11.2 Å². The van der Waals surface area contributed by atoms with Crippen molar-refractivity contribution in [2.75, 3.05) is 12.4 Å². The van der Waals surface area contributed by atoms with Crippen LogP contribution in [0.1, 0.15) is 82.3 Å². The molecule has 2 aromatic carbocycles. The summed E-state index contributed by atoms with van der Waals surface area (Å²) in [5.74, 6) is -2.01. The topological polar surface area (TPSA) is 102 Å². The number of likely N-dealkylation sites (N-methyl/N-ethyl adjacent to an activating group) is 1. The van der Waals surface area contributed by atoms with E-state index in [2.05, 4.69) is 24.5 Å². The van der Waals surface area contributed by atoms with Crippen LogP contribution in [0.4, 0.5) is 10.1 Å². The number of aliphatic hydroxyl groups is 2. The van der Waals surface area contributed by atoms with Gasteiger partial charge >= 0.3 is 0 Å². The van der Waals surface area contributed by atoms with Gasteiger partial charge in [-0.15, -0.1) is 0 Å². The van der Waals surface area contributed by atoms with Gasteiger partial charge in [-0.3, -0.25) is 14.5 Å². The Morgan fingerprint density at radius 1 is 1.07 bits per heavy atom. The lowest BCUT2D eigenvalue weighted by Crippen LogP contribution is -2.68. The van der Waals surface area contributed by atoms with Crippen molar-refractivity contribution in [3.8, 4) is 0 Å². The number of nitrogens with one attached hydrogen (secondary N) is 2. The average molecular weight is 631 g/mol. The van der Waals surface area contributed by atoms with Crippen LogP contribution in [0.2, 0.25) is 10.0 Å². The Balaban J connectivity index is 1.39. The number of carbonyl (C=O) groups excluding carboxylic acids is 2. The molecule has 1 saturated heterocycles. The Hall–Kier alpha value is -2.23. The van der Waals surface area contributed by atoms with Crippen LogP contribution in [0.5, 0.6) is 0 Å². The molecule has 4 aliphatic carbocycles. The van der Waals surface area contributed by atoms with Gasteiger partial charge in [0.05, 0.1) is 11.1 Å². The van der Waals surface area contributed by atoms with Crippen LogP contribution in [-0.4, -0.2) is 57.4 Å². The maximum Gasteiger partial charge on any atom is 0.238 e. The Kier molecular flexibility index (Phi) is 6.44. The van der Waals surface area contributed by atoms with Crippen LogP contribution in [0.25, 0.3) is 0 Å². The molecule has 2 bridgehead atoms. The number of amides is 2. The van der Waals surface area contributed by atoms with Gasteiger partial charge in [-0.1, -0.05) is 55.2 Å². The minimum Gasteiger partial charge on any atom is -0.368 e. The second kappa shape index (κ2) is 9.39. The van der Waals surface area contributed by atoms with Gasteiger partial charge in [-0.25, -0.2) is 4.39 Å². The highest BCUT2D eigenvalue weighted by Crippen LogP contribution is 2.71. The number of rotatable bonds is 4. The first-order chi connectivity index (χ1) is 20.2. The smallest absolute Gasteiger partial charge is 0.238 e. The first kappa shape index (κ1) is 29.5. The van der Waals surface area contributed by atoms with Gasteiger partial charge < -0.3 is 20.8 Å². The number of carbonyl (C=O) groups is 2. The summed E-state index contributed by atoms with van der Waals surface area (Å²) < 4.78 is 16.2. The third kappa shape index (κ3) is 3.83. The van der Waals surface area contributed by atoms with E-state index in [1.807, 2.05) is 18.0 Å². The van der Waals surface area contributed by atoms with E-state index in [4.69, 9.17) is 23.2 Å². The number of aliphatic hydroxyl groups excluding tert-OH is 1. The lowest BCUT2D eigenvalue weighted by atomic mass is 9.46. The fourth-order valence-corrected chi connectivity index (χ4v) is 10.4.